The van der Waals surface area contributed by atoms with Gasteiger partial charge in [0.1, 0.15) is 0 Å². The summed E-state index contributed by atoms with van der Waals surface area (Å²) in [7, 11) is 0. The fraction of sp³-hybridized carbons (Fsp3) is 0.0556. The van der Waals surface area contributed by atoms with Crippen molar-refractivity contribution in [3.05, 3.63) is 64.5 Å². The number of anilines is 2. The zero-order valence-corrected chi connectivity index (χ0v) is 15.5. The van der Waals surface area contributed by atoms with Crippen molar-refractivity contribution in [3.8, 4) is 11.3 Å². The molecular weight excluding hydrogens is 368 g/mol. The lowest BCUT2D eigenvalue weighted by Crippen LogP contribution is -2.11. The highest BCUT2D eigenvalue weighted by atomic mass is 32.2. The number of amides is 2. The van der Waals surface area contributed by atoms with Gasteiger partial charge in [0, 0.05) is 40.3 Å². The highest BCUT2D eigenvalue weighted by molar-refractivity contribution is 7.99. The van der Waals surface area contributed by atoms with Gasteiger partial charge in [-0.15, -0.1) is 11.3 Å². The van der Waals surface area contributed by atoms with Gasteiger partial charge in [-0.05, 0) is 36.4 Å². The lowest BCUT2D eigenvalue weighted by molar-refractivity contribution is 0.0997. The minimum absolute atomic E-state index is 0.200. The largest absolute Gasteiger partial charge is 0.366 e. The molecule has 2 amide bonds. The van der Waals surface area contributed by atoms with Gasteiger partial charge in [0.15, 0.2) is 0 Å². The summed E-state index contributed by atoms with van der Waals surface area (Å²) in [6.07, 6.45) is 3.46. The van der Waals surface area contributed by atoms with E-state index >= 15 is 0 Å². The van der Waals surface area contributed by atoms with Gasteiger partial charge >= 0.3 is 0 Å². The molecule has 0 fully saturated rings. The molecule has 0 atom stereocenters. The number of hydrogen-bond acceptors (Lipinski definition) is 6. The number of hydrogen-bond donors (Lipinski definition) is 3. The summed E-state index contributed by atoms with van der Waals surface area (Å²) in [6, 6.07) is 12.4. The van der Waals surface area contributed by atoms with E-state index in [1.807, 2.05) is 35.9 Å². The Kier molecular flexibility index (Phi) is 5.55. The first kappa shape index (κ1) is 18.0. The van der Waals surface area contributed by atoms with Crippen LogP contribution in [-0.2, 0) is 0 Å². The molecule has 0 aliphatic rings. The number of nitrogens with two attached hydrogens (primary N) is 1. The van der Waals surface area contributed by atoms with Gasteiger partial charge in [-0.25, -0.2) is 0 Å². The first-order valence-corrected chi connectivity index (χ1v) is 9.72. The molecule has 0 unspecified atom stereocenters. The standard InChI is InChI=1S/C18H16N4O2S2/c1-25-22-14-4-2-3-13(9-14)21-18(24)16-8-12(10-26-16)15-7-11(17(19)23)5-6-20-15/h2-10,22H,1H3,(H2,19,23)(H,21,24). The summed E-state index contributed by atoms with van der Waals surface area (Å²) in [4.78, 5) is 28.6. The van der Waals surface area contributed by atoms with E-state index in [-0.39, 0.29) is 5.91 Å². The maximum atomic E-state index is 12.5. The van der Waals surface area contributed by atoms with Crippen LogP contribution in [0.25, 0.3) is 11.3 Å². The van der Waals surface area contributed by atoms with Gasteiger partial charge in [0.25, 0.3) is 5.91 Å². The van der Waals surface area contributed by atoms with Crippen LogP contribution in [0.2, 0.25) is 0 Å². The molecule has 132 valence electrons. The van der Waals surface area contributed by atoms with Crippen molar-refractivity contribution >= 4 is 46.5 Å². The maximum Gasteiger partial charge on any atom is 0.265 e. The van der Waals surface area contributed by atoms with Crippen LogP contribution >= 0.6 is 23.3 Å². The second-order valence-electron chi connectivity index (χ2n) is 5.33. The highest BCUT2D eigenvalue weighted by Gasteiger charge is 2.12. The molecule has 26 heavy (non-hydrogen) atoms. The van der Waals surface area contributed by atoms with Crippen molar-refractivity contribution in [2.24, 2.45) is 5.73 Å². The molecule has 3 aromatic rings. The van der Waals surface area contributed by atoms with Crippen LogP contribution in [-0.4, -0.2) is 23.1 Å². The number of carbonyl (C=O) groups excluding carboxylic acids is 2. The van der Waals surface area contributed by atoms with Crippen molar-refractivity contribution in [3.63, 3.8) is 0 Å². The van der Waals surface area contributed by atoms with E-state index in [9.17, 15) is 9.59 Å². The molecule has 2 aromatic heterocycles. The molecule has 3 rings (SSSR count). The number of pyridine rings is 1. The molecule has 0 spiro atoms. The molecule has 4 N–H and O–H groups in total. The van der Waals surface area contributed by atoms with Crippen LogP contribution in [0.5, 0.6) is 0 Å². The fourth-order valence-electron chi connectivity index (χ4n) is 2.30. The zero-order chi connectivity index (χ0) is 18.5. The molecule has 2 heterocycles. The Morgan fingerprint density at radius 2 is 1.96 bits per heavy atom. The summed E-state index contributed by atoms with van der Waals surface area (Å²) in [5.74, 6) is -0.714. The number of benzene rings is 1. The number of thiophene rings is 1. The van der Waals surface area contributed by atoms with Gasteiger partial charge in [0.05, 0.1) is 10.6 Å². The molecule has 0 bridgehead atoms. The minimum atomic E-state index is -0.513. The summed E-state index contributed by atoms with van der Waals surface area (Å²) >= 11 is 2.79. The number of nitrogens with one attached hydrogen (secondary N) is 2. The van der Waals surface area contributed by atoms with Crippen molar-refractivity contribution in [2.45, 2.75) is 0 Å². The highest BCUT2D eigenvalue weighted by Crippen LogP contribution is 2.26. The third-order valence-corrected chi connectivity index (χ3v) is 4.87. The van der Waals surface area contributed by atoms with Gasteiger partial charge in [-0.1, -0.05) is 18.0 Å². The second-order valence-corrected chi connectivity index (χ2v) is 6.86. The Morgan fingerprint density at radius 1 is 1.15 bits per heavy atom. The average Bonchev–Trinajstić information content (AvgIpc) is 3.13. The van der Waals surface area contributed by atoms with E-state index in [4.69, 9.17) is 5.73 Å². The van der Waals surface area contributed by atoms with E-state index in [1.54, 1.807) is 18.2 Å². The zero-order valence-electron chi connectivity index (χ0n) is 13.9. The fourth-order valence-corrected chi connectivity index (χ4v) is 3.46. The summed E-state index contributed by atoms with van der Waals surface area (Å²) in [5, 5.41) is 4.71. The van der Waals surface area contributed by atoms with Crippen molar-refractivity contribution in [1.82, 2.24) is 4.98 Å². The summed E-state index contributed by atoms with van der Waals surface area (Å²) in [5.41, 5.74) is 8.66. The molecule has 8 heteroatoms. The second kappa shape index (κ2) is 8.03. The summed E-state index contributed by atoms with van der Waals surface area (Å²) in [6.45, 7) is 0. The number of primary amides is 1. The Balaban J connectivity index is 1.77. The van der Waals surface area contributed by atoms with Crippen LogP contribution in [0.3, 0.4) is 0 Å². The Hall–Kier alpha value is -2.84. The van der Waals surface area contributed by atoms with E-state index < -0.39 is 5.91 Å². The van der Waals surface area contributed by atoms with Crippen LogP contribution in [0, 0.1) is 0 Å². The first-order valence-electron chi connectivity index (χ1n) is 7.62. The molecular formula is C18H16N4O2S2. The molecule has 1 aromatic carbocycles. The Bertz CT molecular complexity index is 956. The van der Waals surface area contributed by atoms with Gasteiger partial charge in [-0.3, -0.25) is 14.6 Å². The first-order chi connectivity index (χ1) is 12.6. The quantitative estimate of drug-likeness (QED) is 0.561. The van der Waals surface area contributed by atoms with Gasteiger partial charge < -0.3 is 15.8 Å². The Labute approximate surface area is 159 Å². The number of aromatic nitrogens is 1. The predicted molar refractivity (Wildman–Crippen MR) is 108 cm³/mol. The molecule has 0 aliphatic heterocycles. The van der Waals surface area contributed by atoms with Crippen LogP contribution in [0.4, 0.5) is 11.4 Å². The van der Waals surface area contributed by atoms with Crippen molar-refractivity contribution in [1.29, 1.82) is 0 Å². The third kappa shape index (κ3) is 4.22. The molecule has 6 nitrogen and oxygen atoms in total. The Morgan fingerprint density at radius 3 is 2.73 bits per heavy atom. The smallest absolute Gasteiger partial charge is 0.265 e. The monoisotopic (exact) mass is 384 g/mol. The SMILES string of the molecule is CSNc1cccc(NC(=O)c2cc(-c3cc(C(N)=O)ccn3)cs2)c1. The van der Waals surface area contributed by atoms with E-state index in [0.29, 0.717) is 21.8 Å². The number of carbonyl (C=O) groups is 2. The predicted octanol–water partition coefficient (Wildman–Crippen LogP) is 3.85. The van der Waals surface area contributed by atoms with Crippen LogP contribution in [0.15, 0.2) is 54.0 Å². The van der Waals surface area contributed by atoms with E-state index in [2.05, 4.69) is 15.0 Å². The lowest BCUT2D eigenvalue weighted by Gasteiger charge is -2.06. The van der Waals surface area contributed by atoms with Crippen molar-refractivity contribution < 1.29 is 9.59 Å². The topological polar surface area (TPSA) is 97.1 Å². The third-order valence-electron chi connectivity index (χ3n) is 3.50. The lowest BCUT2D eigenvalue weighted by atomic mass is 10.1. The molecule has 0 aliphatic carbocycles. The maximum absolute atomic E-state index is 12.5. The van der Waals surface area contributed by atoms with Gasteiger partial charge in [-0.2, -0.15) is 0 Å². The molecule has 0 saturated carbocycles. The van der Waals surface area contributed by atoms with Crippen LogP contribution < -0.4 is 15.8 Å². The van der Waals surface area contributed by atoms with Crippen LogP contribution in [0.1, 0.15) is 20.0 Å². The van der Waals surface area contributed by atoms with Gasteiger partial charge in [0.2, 0.25) is 5.91 Å². The number of rotatable bonds is 6. The van der Waals surface area contributed by atoms with E-state index in [0.717, 1.165) is 11.3 Å². The normalized spacial score (nSPS) is 10.3. The van der Waals surface area contributed by atoms with E-state index in [1.165, 1.54) is 29.5 Å². The minimum Gasteiger partial charge on any atom is -0.366 e. The average molecular weight is 384 g/mol. The molecule has 0 saturated heterocycles. The molecule has 0 radical (unpaired) electrons. The van der Waals surface area contributed by atoms with Crippen molar-refractivity contribution in [2.75, 3.05) is 16.3 Å². The number of nitrogens with zero attached hydrogens (tertiary/aromatic N) is 1. The summed E-state index contributed by atoms with van der Waals surface area (Å²) < 4.78 is 3.12.